The van der Waals surface area contributed by atoms with Crippen LogP contribution in [0.1, 0.15) is 19.8 Å². The van der Waals surface area contributed by atoms with Gasteiger partial charge in [-0.3, -0.25) is 0 Å². The quantitative estimate of drug-likeness (QED) is 0.500. The van der Waals surface area contributed by atoms with Crippen LogP contribution in [0, 0.1) is 0 Å². The highest BCUT2D eigenvalue weighted by atomic mass is 32.2. The van der Waals surface area contributed by atoms with Gasteiger partial charge >= 0.3 is 0 Å². The van der Waals surface area contributed by atoms with Crippen molar-refractivity contribution in [2.45, 2.75) is 30.3 Å². The molecule has 0 aromatic heterocycles. The molecule has 1 rings (SSSR count). The second-order valence-corrected chi connectivity index (χ2v) is 3.88. The maximum absolute atomic E-state index is 10.1. The summed E-state index contributed by atoms with van der Waals surface area (Å²) in [6.07, 6.45) is 3.37. The van der Waals surface area contributed by atoms with Crippen LogP contribution in [-0.2, 0) is 4.79 Å². The maximum Gasteiger partial charge on any atom is 0.132 e. The highest BCUT2D eigenvalue weighted by Gasteiger charge is 2.20. The van der Waals surface area contributed by atoms with Crippen LogP contribution in [-0.4, -0.2) is 16.8 Å². The van der Waals surface area contributed by atoms with Gasteiger partial charge in [0.1, 0.15) is 6.29 Å². The number of carbonyl (C=O) groups is 1. The highest BCUT2D eigenvalue weighted by molar-refractivity contribution is 8.01. The number of aldehydes is 1. The standard InChI is InChI=1S/C6H10OS/c1-5-2-3-6(4-7)8-5/h4-6H,2-3H2,1H3. The summed E-state index contributed by atoms with van der Waals surface area (Å²) >= 11 is 1.80. The number of carbonyl (C=O) groups excluding carboxylic acids is 1. The number of hydrogen-bond donors (Lipinski definition) is 0. The molecule has 46 valence electrons. The van der Waals surface area contributed by atoms with Crippen LogP contribution in [0.2, 0.25) is 0 Å². The topological polar surface area (TPSA) is 17.1 Å². The molecule has 2 heteroatoms. The summed E-state index contributed by atoms with van der Waals surface area (Å²) in [5.74, 6) is 0. The Morgan fingerprint density at radius 2 is 2.38 bits per heavy atom. The Kier molecular flexibility index (Phi) is 1.95. The van der Waals surface area contributed by atoms with E-state index in [9.17, 15) is 4.79 Å². The Morgan fingerprint density at radius 1 is 1.62 bits per heavy atom. The zero-order valence-corrected chi connectivity index (χ0v) is 5.78. The normalized spacial score (nSPS) is 37.6. The Morgan fingerprint density at radius 3 is 2.62 bits per heavy atom. The SMILES string of the molecule is CC1CCC(C=O)S1. The Labute approximate surface area is 53.8 Å². The maximum atomic E-state index is 10.1. The molecule has 1 nitrogen and oxygen atoms in total. The Bertz CT molecular complexity index is 92.5. The molecule has 1 aliphatic heterocycles. The lowest BCUT2D eigenvalue weighted by Crippen LogP contribution is -1.95. The summed E-state index contributed by atoms with van der Waals surface area (Å²) in [4.78, 5) is 10.1. The van der Waals surface area contributed by atoms with E-state index in [1.54, 1.807) is 11.8 Å². The molecule has 1 heterocycles. The van der Waals surface area contributed by atoms with Crippen molar-refractivity contribution in [1.82, 2.24) is 0 Å². The molecule has 2 unspecified atom stereocenters. The predicted molar refractivity (Wildman–Crippen MR) is 36.1 cm³/mol. The van der Waals surface area contributed by atoms with E-state index in [4.69, 9.17) is 0 Å². The molecule has 2 atom stereocenters. The van der Waals surface area contributed by atoms with Gasteiger partial charge in [0, 0.05) is 5.25 Å². The lowest BCUT2D eigenvalue weighted by atomic mass is 10.2. The van der Waals surface area contributed by atoms with Crippen molar-refractivity contribution in [1.29, 1.82) is 0 Å². The smallest absolute Gasteiger partial charge is 0.132 e. The van der Waals surface area contributed by atoms with Crippen LogP contribution in [0.4, 0.5) is 0 Å². The summed E-state index contributed by atoms with van der Waals surface area (Å²) in [6, 6.07) is 0. The number of thioether (sulfide) groups is 1. The van der Waals surface area contributed by atoms with Crippen LogP contribution >= 0.6 is 11.8 Å². The fourth-order valence-corrected chi connectivity index (χ4v) is 2.14. The van der Waals surface area contributed by atoms with Gasteiger partial charge < -0.3 is 4.79 Å². The van der Waals surface area contributed by atoms with Crippen LogP contribution in [0.25, 0.3) is 0 Å². The summed E-state index contributed by atoms with van der Waals surface area (Å²) in [6.45, 7) is 2.17. The average Bonchev–Trinajstić information content (AvgIpc) is 2.14. The van der Waals surface area contributed by atoms with Crippen molar-refractivity contribution in [3.63, 3.8) is 0 Å². The van der Waals surface area contributed by atoms with E-state index in [1.165, 1.54) is 6.42 Å². The predicted octanol–water partition coefficient (Wildman–Crippen LogP) is 1.47. The molecule has 1 saturated heterocycles. The molecule has 1 fully saturated rings. The van der Waals surface area contributed by atoms with Gasteiger partial charge in [-0.05, 0) is 12.8 Å². The van der Waals surface area contributed by atoms with Crippen LogP contribution in [0.15, 0.2) is 0 Å². The molecule has 1 aliphatic rings. The molecule has 0 amide bonds. The van der Waals surface area contributed by atoms with Gasteiger partial charge in [0.05, 0.1) is 5.25 Å². The van der Waals surface area contributed by atoms with Crippen molar-refractivity contribution in [3.8, 4) is 0 Å². The van der Waals surface area contributed by atoms with Crippen molar-refractivity contribution in [2.75, 3.05) is 0 Å². The third-order valence-corrected chi connectivity index (χ3v) is 2.81. The molecule has 0 bridgehead atoms. The molecule has 0 radical (unpaired) electrons. The van der Waals surface area contributed by atoms with Gasteiger partial charge in [-0.1, -0.05) is 6.92 Å². The summed E-state index contributed by atoms with van der Waals surface area (Å²) in [5.41, 5.74) is 0. The number of hydrogen-bond acceptors (Lipinski definition) is 2. The lowest BCUT2D eigenvalue weighted by Gasteiger charge is -1.96. The molecule has 0 aliphatic carbocycles. The molecule has 0 spiro atoms. The van der Waals surface area contributed by atoms with E-state index < -0.39 is 0 Å². The van der Waals surface area contributed by atoms with Crippen molar-refractivity contribution in [2.24, 2.45) is 0 Å². The van der Waals surface area contributed by atoms with Gasteiger partial charge in [0.25, 0.3) is 0 Å². The minimum absolute atomic E-state index is 0.310. The summed E-state index contributed by atoms with van der Waals surface area (Å²) < 4.78 is 0. The first-order valence-electron chi connectivity index (χ1n) is 2.93. The summed E-state index contributed by atoms with van der Waals surface area (Å²) in [5, 5.41) is 1.02. The van der Waals surface area contributed by atoms with Crippen molar-refractivity contribution in [3.05, 3.63) is 0 Å². The molecule has 0 saturated carbocycles. The third kappa shape index (κ3) is 1.25. The van der Waals surface area contributed by atoms with Gasteiger partial charge in [0.2, 0.25) is 0 Å². The van der Waals surface area contributed by atoms with E-state index in [-0.39, 0.29) is 0 Å². The summed E-state index contributed by atoms with van der Waals surface area (Å²) in [7, 11) is 0. The molecule has 0 N–H and O–H groups in total. The minimum atomic E-state index is 0.310. The fraction of sp³-hybridized carbons (Fsp3) is 0.833. The second-order valence-electron chi connectivity index (χ2n) is 2.20. The van der Waals surface area contributed by atoms with E-state index in [2.05, 4.69) is 6.92 Å². The van der Waals surface area contributed by atoms with Crippen LogP contribution < -0.4 is 0 Å². The molecule has 0 aromatic rings. The zero-order valence-electron chi connectivity index (χ0n) is 4.96. The van der Waals surface area contributed by atoms with Gasteiger partial charge in [-0.25, -0.2) is 0 Å². The highest BCUT2D eigenvalue weighted by Crippen LogP contribution is 2.31. The number of rotatable bonds is 1. The monoisotopic (exact) mass is 130 g/mol. The molecule has 8 heavy (non-hydrogen) atoms. The van der Waals surface area contributed by atoms with Crippen LogP contribution in [0.3, 0.4) is 0 Å². The van der Waals surface area contributed by atoms with E-state index in [0.717, 1.165) is 12.7 Å². The third-order valence-electron chi connectivity index (χ3n) is 1.42. The van der Waals surface area contributed by atoms with Gasteiger partial charge in [-0.15, -0.1) is 11.8 Å². The van der Waals surface area contributed by atoms with Crippen molar-refractivity contribution >= 4 is 18.0 Å². The first-order chi connectivity index (χ1) is 3.83. The largest absolute Gasteiger partial charge is 0.302 e. The van der Waals surface area contributed by atoms with Gasteiger partial charge in [0.15, 0.2) is 0 Å². The lowest BCUT2D eigenvalue weighted by molar-refractivity contribution is -0.107. The van der Waals surface area contributed by atoms with E-state index in [0.29, 0.717) is 10.5 Å². The Balaban J connectivity index is 2.32. The zero-order chi connectivity index (χ0) is 5.98. The molecule has 0 aromatic carbocycles. The first kappa shape index (κ1) is 6.14. The van der Waals surface area contributed by atoms with Crippen molar-refractivity contribution < 1.29 is 4.79 Å². The molecular formula is C6H10OS. The fourth-order valence-electron chi connectivity index (χ4n) is 0.934. The van der Waals surface area contributed by atoms with Gasteiger partial charge in [-0.2, -0.15) is 0 Å². The average molecular weight is 130 g/mol. The van der Waals surface area contributed by atoms with Crippen LogP contribution in [0.5, 0.6) is 0 Å². The van der Waals surface area contributed by atoms with E-state index >= 15 is 0 Å². The molecular weight excluding hydrogens is 120 g/mol. The minimum Gasteiger partial charge on any atom is -0.302 e. The first-order valence-corrected chi connectivity index (χ1v) is 3.88. The van der Waals surface area contributed by atoms with E-state index in [1.807, 2.05) is 0 Å². The second kappa shape index (κ2) is 2.53. The Hall–Kier alpha value is 0.0200.